The minimum absolute atomic E-state index is 0.0139. The second-order valence-corrected chi connectivity index (χ2v) is 6.42. The first kappa shape index (κ1) is 12.5. The molecule has 0 saturated heterocycles. The molecule has 2 aliphatic carbocycles. The summed E-state index contributed by atoms with van der Waals surface area (Å²) in [5.41, 5.74) is 4.79. The van der Waals surface area contributed by atoms with Crippen molar-refractivity contribution in [3.8, 4) is 0 Å². The van der Waals surface area contributed by atoms with Crippen LogP contribution < -0.4 is 0 Å². The molecule has 0 N–H and O–H groups in total. The van der Waals surface area contributed by atoms with Gasteiger partial charge in [0.1, 0.15) is 5.41 Å². The number of benzene rings is 2. The average Bonchev–Trinajstić information content (AvgIpc) is 2.89. The number of rotatable bonds is 0. The molecule has 2 aromatic carbocycles. The van der Waals surface area contributed by atoms with E-state index in [1.54, 1.807) is 0 Å². The van der Waals surface area contributed by atoms with Gasteiger partial charge in [0.05, 0.1) is 0 Å². The van der Waals surface area contributed by atoms with Crippen molar-refractivity contribution in [2.75, 3.05) is 0 Å². The zero-order chi connectivity index (χ0) is 14.8. The smallest absolute Gasteiger partial charge is 0.177 e. The van der Waals surface area contributed by atoms with E-state index in [1.165, 1.54) is 0 Å². The third-order valence-corrected chi connectivity index (χ3v) is 4.87. The van der Waals surface area contributed by atoms with Crippen molar-refractivity contribution in [2.24, 2.45) is 5.41 Å². The molecule has 0 fully saturated rings. The number of Topliss-reactive ketones (excluding diaryl/α,β-unsaturated/α-hetero) is 2. The fourth-order valence-electron chi connectivity index (χ4n) is 3.76. The first-order valence-corrected chi connectivity index (χ1v) is 7.30. The normalized spacial score (nSPS) is 18.2. The molecule has 2 heteroatoms. The molecule has 4 rings (SSSR count). The molecule has 0 amide bonds. The maximum absolute atomic E-state index is 12.9. The van der Waals surface area contributed by atoms with E-state index in [2.05, 4.69) is 0 Å². The molecule has 2 aromatic rings. The van der Waals surface area contributed by atoms with E-state index >= 15 is 0 Å². The summed E-state index contributed by atoms with van der Waals surface area (Å²) < 4.78 is 0. The molecule has 21 heavy (non-hydrogen) atoms. The van der Waals surface area contributed by atoms with Crippen LogP contribution in [0.4, 0.5) is 0 Å². The molecule has 0 aliphatic heterocycles. The molecule has 0 aromatic heterocycles. The molecule has 2 nitrogen and oxygen atoms in total. The zero-order valence-electron chi connectivity index (χ0n) is 12.2. The Morgan fingerprint density at radius 3 is 1.62 bits per heavy atom. The highest BCUT2D eigenvalue weighted by Gasteiger charge is 2.55. The van der Waals surface area contributed by atoms with E-state index < -0.39 is 5.41 Å². The standard InChI is InChI=1S/C19H16O2/c1-11-3-5-13-9-19(17(20)15(13)7-11)10-14-6-4-12(2)8-16(14)18(19)21/h3-8H,9-10H2,1-2H3. The highest BCUT2D eigenvalue weighted by atomic mass is 16.2. The van der Waals surface area contributed by atoms with Crippen LogP contribution in [0.3, 0.4) is 0 Å². The number of ketones is 2. The Balaban J connectivity index is 1.86. The Labute approximate surface area is 123 Å². The molecule has 1 spiro atoms. The van der Waals surface area contributed by atoms with Crippen LogP contribution in [-0.2, 0) is 12.8 Å². The first-order valence-electron chi connectivity index (χ1n) is 7.30. The van der Waals surface area contributed by atoms with Gasteiger partial charge in [-0.3, -0.25) is 9.59 Å². The number of fused-ring (bicyclic) bond motifs is 2. The average molecular weight is 276 g/mol. The fourth-order valence-corrected chi connectivity index (χ4v) is 3.76. The van der Waals surface area contributed by atoms with E-state index in [1.807, 2.05) is 50.2 Å². The lowest BCUT2D eigenvalue weighted by atomic mass is 9.80. The summed E-state index contributed by atoms with van der Waals surface area (Å²) in [4.78, 5) is 25.8. The number of hydrogen-bond acceptors (Lipinski definition) is 2. The predicted molar refractivity (Wildman–Crippen MR) is 80.9 cm³/mol. The Morgan fingerprint density at radius 2 is 1.19 bits per heavy atom. The molecule has 0 heterocycles. The Hall–Kier alpha value is -2.22. The lowest BCUT2D eigenvalue weighted by Gasteiger charge is -2.18. The summed E-state index contributed by atoms with van der Waals surface area (Å²) in [6, 6.07) is 11.9. The second kappa shape index (κ2) is 3.91. The Morgan fingerprint density at radius 1 is 0.762 bits per heavy atom. The minimum Gasteiger partial charge on any atom is -0.293 e. The molecular weight excluding hydrogens is 260 g/mol. The molecule has 0 radical (unpaired) electrons. The molecule has 104 valence electrons. The van der Waals surface area contributed by atoms with Gasteiger partial charge in [-0.25, -0.2) is 0 Å². The quantitative estimate of drug-likeness (QED) is 0.690. The van der Waals surface area contributed by atoms with Crippen molar-refractivity contribution >= 4 is 11.6 Å². The maximum atomic E-state index is 12.9. The number of hydrogen-bond donors (Lipinski definition) is 0. The Bertz CT molecular complexity index is 745. The highest BCUT2D eigenvalue weighted by molar-refractivity contribution is 6.24. The summed E-state index contributed by atoms with van der Waals surface area (Å²) in [6.45, 7) is 3.96. The molecular formula is C19H16O2. The largest absolute Gasteiger partial charge is 0.293 e. The summed E-state index contributed by atoms with van der Waals surface area (Å²) in [7, 11) is 0. The molecule has 0 saturated carbocycles. The van der Waals surface area contributed by atoms with Gasteiger partial charge in [-0.2, -0.15) is 0 Å². The minimum atomic E-state index is -0.869. The van der Waals surface area contributed by atoms with E-state index in [4.69, 9.17) is 0 Å². The van der Waals surface area contributed by atoms with Gasteiger partial charge in [0.25, 0.3) is 0 Å². The maximum Gasteiger partial charge on any atom is 0.177 e. The van der Waals surface area contributed by atoms with Crippen LogP contribution >= 0.6 is 0 Å². The van der Waals surface area contributed by atoms with Gasteiger partial charge < -0.3 is 0 Å². The van der Waals surface area contributed by atoms with Crippen LogP contribution in [0, 0.1) is 19.3 Å². The lowest BCUT2D eigenvalue weighted by Crippen LogP contribution is -2.34. The highest BCUT2D eigenvalue weighted by Crippen LogP contribution is 2.47. The van der Waals surface area contributed by atoms with Crippen LogP contribution in [0.25, 0.3) is 0 Å². The molecule has 2 aliphatic rings. The topological polar surface area (TPSA) is 34.1 Å². The summed E-state index contributed by atoms with van der Waals surface area (Å²) >= 11 is 0. The van der Waals surface area contributed by atoms with Crippen LogP contribution in [-0.4, -0.2) is 11.6 Å². The van der Waals surface area contributed by atoms with E-state index in [-0.39, 0.29) is 11.6 Å². The van der Waals surface area contributed by atoms with Gasteiger partial charge in [0.15, 0.2) is 11.6 Å². The fraction of sp³-hybridized carbons (Fsp3) is 0.263. The van der Waals surface area contributed by atoms with Gasteiger partial charge in [-0.05, 0) is 49.9 Å². The van der Waals surface area contributed by atoms with Crippen molar-refractivity contribution in [1.82, 2.24) is 0 Å². The van der Waals surface area contributed by atoms with E-state index in [0.29, 0.717) is 12.8 Å². The van der Waals surface area contributed by atoms with Gasteiger partial charge in [0.2, 0.25) is 0 Å². The lowest BCUT2D eigenvalue weighted by molar-refractivity contribution is 0.0705. The van der Waals surface area contributed by atoms with Gasteiger partial charge in [-0.1, -0.05) is 35.4 Å². The summed E-state index contributed by atoms with van der Waals surface area (Å²) in [5.74, 6) is 0.0279. The molecule has 0 bridgehead atoms. The molecule has 0 atom stereocenters. The van der Waals surface area contributed by atoms with Crippen molar-refractivity contribution in [2.45, 2.75) is 26.7 Å². The summed E-state index contributed by atoms with van der Waals surface area (Å²) in [5, 5.41) is 0. The van der Waals surface area contributed by atoms with Crippen LogP contribution in [0.2, 0.25) is 0 Å². The van der Waals surface area contributed by atoms with Crippen molar-refractivity contribution < 1.29 is 9.59 Å². The predicted octanol–water partition coefficient (Wildman–Crippen LogP) is 3.47. The van der Waals surface area contributed by atoms with Gasteiger partial charge >= 0.3 is 0 Å². The SMILES string of the molecule is Cc1ccc2c(c1)C(=O)C1(C2)Cc2ccc(C)cc2C1=O. The third-order valence-electron chi connectivity index (χ3n) is 4.87. The summed E-state index contributed by atoms with van der Waals surface area (Å²) in [6.07, 6.45) is 1.10. The number of carbonyl (C=O) groups excluding carboxylic acids is 2. The van der Waals surface area contributed by atoms with Crippen molar-refractivity contribution in [3.63, 3.8) is 0 Å². The van der Waals surface area contributed by atoms with Crippen LogP contribution in [0.1, 0.15) is 43.0 Å². The van der Waals surface area contributed by atoms with Gasteiger partial charge in [0, 0.05) is 11.1 Å². The van der Waals surface area contributed by atoms with Crippen molar-refractivity contribution in [1.29, 1.82) is 0 Å². The van der Waals surface area contributed by atoms with Gasteiger partial charge in [-0.15, -0.1) is 0 Å². The first-order chi connectivity index (χ1) is 10.0. The van der Waals surface area contributed by atoms with Crippen molar-refractivity contribution in [3.05, 3.63) is 69.8 Å². The van der Waals surface area contributed by atoms with Crippen LogP contribution in [0.5, 0.6) is 0 Å². The number of carbonyl (C=O) groups is 2. The Kier molecular flexibility index (Phi) is 2.33. The number of aryl methyl sites for hydroxylation is 2. The molecule has 0 unspecified atom stereocenters. The van der Waals surface area contributed by atoms with E-state index in [0.717, 1.165) is 33.4 Å². The monoisotopic (exact) mass is 276 g/mol. The van der Waals surface area contributed by atoms with Crippen LogP contribution in [0.15, 0.2) is 36.4 Å². The second-order valence-electron chi connectivity index (χ2n) is 6.42. The van der Waals surface area contributed by atoms with E-state index in [9.17, 15) is 9.59 Å². The zero-order valence-corrected chi connectivity index (χ0v) is 12.2. The third kappa shape index (κ3) is 1.53.